The minimum Gasteiger partial charge on any atom is -0.494 e. The Bertz CT molecular complexity index is 515. The molecule has 0 aromatic heterocycles. The third-order valence-corrected chi connectivity index (χ3v) is 4.83. The van der Waals surface area contributed by atoms with Gasteiger partial charge in [0.2, 0.25) is 5.91 Å². The SMILES string of the molecule is COc1cc(N)ccc1NC(=O)CC1CC2CCC1C2. The number of rotatable bonds is 4. The van der Waals surface area contributed by atoms with Gasteiger partial charge in [0.05, 0.1) is 12.8 Å². The Morgan fingerprint density at radius 2 is 2.25 bits per heavy atom. The first-order valence-electron chi connectivity index (χ1n) is 7.39. The molecule has 0 spiro atoms. The van der Waals surface area contributed by atoms with E-state index in [2.05, 4.69) is 5.32 Å². The van der Waals surface area contributed by atoms with Crippen LogP contribution in [0.25, 0.3) is 0 Å². The summed E-state index contributed by atoms with van der Waals surface area (Å²) in [5.74, 6) is 2.94. The molecule has 1 aromatic rings. The molecule has 3 atom stereocenters. The second-order valence-electron chi connectivity index (χ2n) is 6.15. The van der Waals surface area contributed by atoms with Crippen LogP contribution in [0.1, 0.15) is 32.1 Å². The molecule has 2 aliphatic carbocycles. The highest BCUT2D eigenvalue weighted by Gasteiger charge is 2.40. The summed E-state index contributed by atoms with van der Waals surface area (Å²) in [5, 5.41) is 2.96. The van der Waals surface area contributed by atoms with E-state index in [1.54, 1.807) is 25.3 Å². The van der Waals surface area contributed by atoms with Crippen LogP contribution in [0.4, 0.5) is 11.4 Å². The highest BCUT2D eigenvalue weighted by molar-refractivity contribution is 5.92. The molecule has 2 bridgehead atoms. The number of methoxy groups -OCH3 is 1. The molecule has 3 N–H and O–H groups in total. The van der Waals surface area contributed by atoms with E-state index in [0.29, 0.717) is 29.5 Å². The van der Waals surface area contributed by atoms with E-state index in [-0.39, 0.29) is 5.91 Å². The van der Waals surface area contributed by atoms with Crippen molar-refractivity contribution in [2.45, 2.75) is 32.1 Å². The topological polar surface area (TPSA) is 64.3 Å². The maximum atomic E-state index is 12.2. The summed E-state index contributed by atoms with van der Waals surface area (Å²) in [4.78, 5) is 12.2. The zero-order valence-corrected chi connectivity index (χ0v) is 11.9. The lowest BCUT2D eigenvalue weighted by molar-refractivity contribution is -0.117. The second-order valence-corrected chi connectivity index (χ2v) is 6.15. The summed E-state index contributed by atoms with van der Waals surface area (Å²) in [6.07, 6.45) is 5.89. The number of fused-ring (bicyclic) bond motifs is 2. The van der Waals surface area contributed by atoms with Gasteiger partial charge in [-0.3, -0.25) is 4.79 Å². The second kappa shape index (κ2) is 5.35. The maximum Gasteiger partial charge on any atom is 0.224 e. The third-order valence-electron chi connectivity index (χ3n) is 4.83. The number of benzene rings is 1. The largest absolute Gasteiger partial charge is 0.494 e. The predicted octanol–water partition coefficient (Wildman–Crippen LogP) is 3.04. The van der Waals surface area contributed by atoms with Gasteiger partial charge in [0.25, 0.3) is 0 Å². The minimum absolute atomic E-state index is 0.0885. The fraction of sp³-hybridized carbons (Fsp3) is 0.562. The Balaban J connectivity index is 1.61. The average Bonchev–Trinajstić information content (AvgIpc) is 3.03. The lowest BCUT2D eigenvalue weighted by atomic mass is 9.86. The van der Waals surface area contributed by atoms with Gasteiger partial charge < -0.3 is 15.8 Å². The normalized spacial score (nSPS) is 27.6. The number of carbonyl (C=O) groups excluding carboxylic acids is 1. The number of anilines is 2. The van der Waals surface area contributed by atoms with Gasteiger partial charge in [0.1, 0.15) is 5.75 Å². The van der Waals surface area contributed by atoms with Gasteiger partial charge in [0, 0.05) is 18.2 Å². The fourth-order valence-electron chi connectivity index (χ4n) is 3.88. The number of nitrogens with two attached hydrogens (primary N) is 1. The zero-order chi connectivity index (χ0) is 14.1. The third kappa shape index (κ3) is 2.60. The van der Waals surface area contributed by atoms with Crippen LogP contribution < -0.4 is 15.8 Å². The number of hydrogen-bond acceptors (Lipinski definition) is 3. The number of nitrogen functional groups attached to an aromatic ring is 1. The Labute approximate surface area is 119 Å². The molecule has 2 saturated carbocycles. The first kappa shape index (κ1) is 13.3. The molecule has 108 valence electrons. The molecule has 1 aromatic carbocycles. The molecular formula is C16H22N2O2. The Morgan fingerprint density at radius 3 is 2.90 bits per heavy atom. The lowest BCUT2D eigenvalue weighted by Crippen LogP contribution is -2.20. The van der Waals surface area contributed by atoms with Crippen LogP contribution in [0.2, 0.25) is 0 Å². The molecule has 3 unspecified atom stereocenters. The fourth-order valence-corrected chi connectivity index (χ4v) is 3.88. The van der Waals surface area contributed by atoms with E-state index >= 15 is 0 Å². The van der Waals surface area contributed by atoms with E-state index in [1.807, 2.05) is 0 Å². The van der Waals surface area contributed by atoms with Gasteiger partial charge in [-0.2, -0.15) is 0 Å². The summed E-state index contributed by atoms with van der Waals surface area (Å²) in [6, 6.07) is 5.30. The summed E-state index contributed by atoms with van der Waals surface area (Å²) in [5.41, 5.74) is 7.05. The van der Waals surface area contributed by atoms with Crippen molar-refractivity contribution in [3.05, 3.63) is 18.2 Å². The first-order chi connectivity index (χ1) is 9.65. The van der Waals surface area contributed by atoms with E-state index in [9.17, 15) is 4.79 Å². The van der Waals surface area contributed by atoms with Crippen molar-refractivity contribution in [1.82, 2.24) is 0 Å². The van der Waals surface area contributed by atoms with E-state index in [1.165, 1.54) is 25.7 Å². The van der Waals surface area contributed by atoms with Gasteiger partial charge in [-0.1, -0.05) is 6.42 Å². The van der Waals surface area contributed by atoms with Crippen molar-refractivity contribution in [1.29, 1.82) is 0 Å². The van der Waals surface area contributed by atoms with E-state index in [0.717, 1.165) is 11.8 Å². The van der Waals surface area contributed by atoms with Crippen LogP contribution in [0, 0.1) is 17.8 Å². The average molecular weight is 274 g/mol. The minimum atomic E-state index is 0.0885. The van der Waals surface area contributed by atoms with Crippen molar-refractivity contribution in [3.8, 4) is 5.75 Å². The number of nitrogens with one attached hydrogen (secondary N) is 1. The molecular weight excluding hydrogens is 252 g/mol. The standard InChI is InChI=1S/C16H22N2O2/c1-20-15-9-13(17)4-5-14(15)18-16(19)8-12-7-10-2-3-11(12)6-10/h4-5,9-12H,2-3,6-8,17H2,1H3,(H,18,19). The Kier molecular flexibility index (Phi) is 3.55. The number of hydrogen-bond donors (Lipinski definition) is 2. The maximum absolute atomic E-state index is 12.2. The summed E-state index contributed by atoms with van der Waals surface area (Å²) in [7, 11) is 1.58. The summed E-state index contributed by atoms with van der Waals surface area (Å²) < 4.78 is 5.25. The van der Waals surface area contributed by atoms with Gasteiger partial charge >= 0.3 is 0 Å². The van der Waals surface area contributed by atoms with Crippen LogP contribution >= 0.6 is 0 Å². The van der Waals surface area contributed by atoms with Crippen LogP contribution in [-0.2, 0) is 4.79 Å². The quantitative estimate of drug-likeness (QED) is 0.829. The first-order valence-corrected chi connectivity index (χ1v) is 7.39. The van der Waals surface area contributed by atoms with Crippen molar-refractivity contribution in [3.63, 3.8) is 0 Å². The van der Waals surface area contributed by atoms with Crippen LogP contribution in [-0.4, -0.2) is 13.0 Å². The molecule has 1 amide bonds. The molecule has 3 rings (SSSR count). The van der Waals surface area contributed by atoms with Crippen LogP contribution in [0.5, 0.6) is 5.75 Å². The summed E-state index contributed by atoms with van der Waals surface area (Å²) >= 11 is 0. The predicted molar refractivity (Wildman–Crippen MR) is 79.6 cm³/mol. The molecule has 20 heavy (non-hydrogen) atoms. The molecule has 0 radical (unpaired) electrons. The Hall–Kier alpha value is -1.71. The number of amides is 1. The van der Waals surface area contributed by atoms with Crippen LogP contribution in [0.3, 0.4) is 0 Å². The molecule has 0 aliphatic heterocycles. The molecule has 4 heteroatoms. The molecule has 0 saturated heterocycles. The van der Waals surface area contributed by atoms with Crippen molar-refractivity contribution in [2.75, 3.05) is 18.2 Å². The monoisotopic (exact) mass is 274 g/mol. The van der Waals surface area contributed by atoms with Crippen molar-refractivity contribution < 1.29 is 9.53 Å². The zero-order valence-electron chi connectivity index (χ0n) is 11.9. The lowest BCUT2D eigenvalue weighted by Gasteiger charge is -2.21. The van der Waals surface area contributed by atoms with E-state index < -0.39 is 0 Å². The highest BCUT2D eigenvalue weighted by atomic mass is 16.5. The Morgan fingerprint density at radius 1 is 1.40 bits per heavy atom. The van der Waals surface area contributed by atoms with Gasteiger partial charge in [-0.05, 0) is 49.1 Å². The van der Waals surface area contributed by atoms with Gasteiger partial charge in [0.15, 0.2) is 0 Å². The van der Waals surface area contributed by atoms with Crippen LogP contribution in [0.15, 0.2) is 18.2 Å². The van der Waals surface area contributed by atoms with Crippen molar-refractivity contribution in [2.24, 2.45) is 17.8 Å². The summed E-state index contributed by atoms with van der Waals surface area (Å²) in [6.45, 7) is 0. The van der Waals surface area contributed by atoms with Gasteiger partial charge in [-0.25, -0.2) is 0 Å². The van der Waals surface area contributed by atoms with Crippen molar-refractivity contribution >= 4 is 17.3 Å². The molecule has 0 heterocycles. The number of ether oxygens (including phenoxy) is 1. The van der Waals surface area contributed by atoms with E-state index in [4.69, 9.17) is 10.5 Å². The van der Waals surface area contributed by atoms with Gasteiger partial charge in [-0.15, -0.1) is 0 Å². The molecule has 4 nitrogen and oxygen atoms in total. The molecule has 2 fully saturated rings. The molecule has 2 aliphatic rings. The number of carbonyl (C=O) groups is 1. The highest BCUT2D eigenvalue weighted by Crippen LogP contribution is 2.49. The smallest absolute Gasteiger partial charge is 0.224 e.